The summed E-state index contributed by atoms with van der Waals surface area (Å²) in [7, 11) is 1.97. The van der Waals surface area contributed by atoms with E-state index in [1.54, 1.807) is 0 Å². The first-order chi connectivity index (χ1) is 6.61. The molecule has 2 nitrogen and oxygen atoms in total. The lowest BCUT2D eigenvalue weighted by molar-refractivity contribution is 0.938. The molecule has 0 aliphatic rings. The summed E-state index contributed by atoms with van der Waals surface area (Å²) in [6, 6.07) is 5.93. The average Bonchev–Trinajstić information content (AvgIpc) is 2.14. The smallest absolute Gasteiger partial charge is 0.192 e. The largest absolute Gasteiger partial charge is 0.350 e. The number of hydrogen-bond donors (Lipinski definition) is 0. The van der Waals surface area contributed by atoms with Crippen molar-refractivity contribution in [2.75, 3.05) is 0 Å². The van der Waals surface area contributed by atoms with Crippen LogP contribution in [0.25, 0.3) is 10.9 Å². The molecule has 0 spiro atoms. The number of aromatic nitrogens is 1. The van der Waals surface area contributed by atoms with Crippen LogP contribution in [0.15, 0.2) is 29.2 Å². The maximum atomic E-state index is 11.9. The third-order valence-electron chi connectivity index (χ3n) is 2.60. The fourth-order valence-electron chi connectivity index (χ4n) is 1.86. The Labute approximate surface area is 82.8 Å². The van der Waals surface area contributed by atoms with Gasteiger partial charge in [0.2, 0.25) is 0 Å². The van der Waals surface area contributed by atoms with Crippen molar-refractivity contribution >= 4 is 10.9 Å². The number of aryl methyl sites for hydroxylation is 3. The summed E-state index contributed by atoms with van der Waals surface area (Å²) < 4.78 is 2.00. The molecule has 1 aromatic heterocycles. The van der Waals surface area contributed by atoms with E-state index in [-0.39, 0.29) is 5.43 Å². The van der Waals surface area contributed by atoms with Crippen LogP contribution in [0.2, 0.25) is 0 Å². The normalized spacial score (nSPS) is 10.8. The van der Waals surface area contributed by atoms with Gasteiger partial charge in [-0.15, -0.1) is 0 Å². The number of nitrogens with zero attached hydrogens (tertiary/aromatic N) is 1. The summed E-state index contributed by atoms with van der Waals surface area (Å²) in [6.45, 7) is 3.83. The zero-order valence-electron chi connectivity index (χ0n) is 8.66. The molecular formula is C12H13NO. The van der Waals surface area contributed by atoms with Crippen LogP contribution in [-0.2, 0) is 7.05 Å². The molecule has 0 atom stereocenters. The van der Waals surface area contributed by atoms with Crippen molar-refractivity contribution in [2.45, 2.75) is 13.8 Å². The van der Waals surface area contributed by atoms with Crippen LogP contribution in [0.4, 0.5) is 0 Å². The van der Waals surface area contributed by atoms with Crippen LogP contribution >= 0.6 is 0 Å². The molecule has 1 aromatic carbocycles. The van der Waals surface area contributed by atoms with E-state index in [4.69, 9.17) is 0 Å². The van der Waals surface area contributed by atoms with Crippen LogP contribution in [0.5, 0.6) is 0 Å². The van der Waals surface area contributed by atoms with Crippen LogP contribution in [0.1, 0.15) is 11.1 Å². The average molecular weight is 187 g/mol. The van der Waals surface area contributed by atoms with Crippen molar-refractivity contribution in [2.24, 2.45) is 7.05 Å². The molecule has 14 heavy (non-hydrogen) atoms. The lowest BCUT2D eigenvalue weighted by Gasteiger charge is -2.08. The quantitative estimate of drug-likeness (QED) is 0.619. The Balaban J connectivity index is 3.11. The molecule has 2 rings (SSSR count). The second-order valence-electron chi connectivity index (χ2n) is 3.72. The maximum Gasteiger partial charge on any atom is 0.192 e. The summed E-state index contributed by atoms with van der Waals surface area (Å²) in [4.78, 5) is 11.9. The third-order valence-corrected chi connectivity index (χ3v) is 2.60. The highest BCUT2D eigenvalue weighted by molar-refractivity contribution is 5.82. The Morgan fingerprint density at radius 1 is 1.14 bits per heavy atom. The summed E-state index contributed by atoms with van der Waals surface area (Å²) in [5.41, 5.74) is 3.00. The van der Waals surface area contributed by atoms with Gasteiger partial charge in [0, 0.05) is 24.2 Å². The molecular weight excluding hydrogens is 174 g/mol. The monoisotopic (exact) mass is 187 g/mol. The van der Waals surface area contributed by atoms with Crippen LogP contribution < -0.4 is 5.43 Å². The SMILES string of the molecule is Cc1cn(C)c2cccc(C)c2c1=O. The lowest BCUT2D eigenvalue weighted by Crippen LogP contribution is -2.11. The van der Waals surface area contributed by atoms with E-state index in [9.17, 15) is 4.79 Å². The third kappa shape index (κ3) is 1.15. The van der Waals surface area contributed by atoms with E-state index in [1.807, 2.05) is 49.9 Å². The molecule has 0 aliphatic carbocycles. The Kier molecular flexibility index (Phi) is 1.92. The maximum absolute atomic E-state index is 11.9. The lowest BCUT2D eigenvalue weighted by atomic mass is 10.1. The second kappa shape index (κ2) is 2.98. The van der Waals surface area contributed by atoms with Crippen molar-refractivity contribution in [3.8, 4) is 0 Å². The van der Waals surface area contributed by atoms with Gasteiger partial charge < -0.3 is 4.57 Å². The van der Waals surface area contributed by atoms with E-state index in [0.29, 0.717) is 0 Å². The van der Waals surface area contributed by atoms with E-state index < -0.39 is 0 Å². The van der Waals surface area contributed by atoms with Crippen LogP contribution in [-0.4, -0.2) is 4.57 Å². The number of rotatable bonds is 0. The highest BCUT2D eigenvalue weighted by Gasteiger charge is 2.05. The molecule has 72 valence electrons. The number of benzene rings is 1. The van der Waals surface area contributed by atoms with E-state index >= 15 is 0 Å². The summed E-state index contributed by atoms with van der Waals surface area (Å²) in [5, 5.41) is 0.843. The highest BCUT2D eigenvalue weighted by atomic mass is 16.1. The molecule has 0 unspecified atom stereocenters. The van der Waals surface area contributed by atoms with Gasteiger partial charge in [-0.2, -0.15) is 0 Å². The Bertz CT molecular complexity index is 552. The predicted molar refractivity (Wildman–Crippen MR) is 58.7 cm³/mol. The van der Waals surface area contributed by atoms with Crippen LogP contribution in [0, 0.1) is 13.8 Å². The van der Waals surface area contributed by atoms with Crippen molar-refractivity contribution in [1.82, 2.24) is 4.57 Å². The van der Waals surface area contributed by atoms with E-state index in [0.717, 1.165) is 22.0 Å². The first-order valence-electron chi connectivity index (χ1n) is 4.67. The van der Waals surface area contributed by atoms with Crippen LogP contribution in [0.3, 0.4) is 0 Å². The molecule has 0 bridgehead atoms. The fourth-order valence-corrected chi connectivity index (χ4v) is 1.86. The molecule has 0 amide bonds. The number of pyridine rings is 1. The van der Waals surface area contributed by atoms with Gasteiger partial charge in [-0.1, -0.05) is 12.1 Å². The number of fused-ring (bicyclic) bond motifs is 1. The first-order valence-corrected chi connectivity index (χ1v) is 4.67. The molecule has 1 heterocycles. The topological polar surface area (TPSA) is 22.0 Å². The minimum Gasteiger partial charge on any atom is -0.350 e. The van der Waals surface area contributed by atoms with Gasteiger partial charge in [-0.05, 0) is 25.5 Å². The van der Waals surface area contributed by atoms with Crippen molar-refractivity contribution in [3.05, 3.63) is 45.7 Å². The Morgan fingerprint density at radius 3 is 2.57 bits per heavy atom. The molecule has 2 aromatic rings. The van der Waals surface area contributed by atoms with E-state index in [2.05, 4.69) is 0 Å². The predicted octanol–water partition coefficient (Wildman–Crippen LogP) is 2.16. The zero-order chi connectivity index (χ0) is 10.3. The molecule has 0 radical (unpaired) electrons. The minimum absolute atomic E-state index is 0.149. The Morgan fingerprint density at radius 2 is 1.86 bits per heavy atom. The summed E-state index contributed by atoms with van der Waals surface area (Å²) in [6.07, 6.45) is 1.88. The van der Waals surface area contributed by atoms with Gasteiger partial charge in [-0.3, -0.25) is 4.79 Å². The molecule has 2 heteroatoms. The molecule has 0 fully saturated rings. The fraction of sp³-hybridized carbons (Fsp3) is 0.250. The van der Waals surface area contributed by atoms with E-state index in [1.165, 1.54) is 0 Å². The standard InChI is InChI=1S/C12H13NO/c1-8-5-4-6-10-11(8)12(14)9(2)7-13(10)3/h4-7H,1-3H3. The Hall–Kier alpha value is -1.57. The first kappa shape index (κ1) is 9.00. The molecule has 0 N–H and O–H groups in total. The van der Waals surface area contributed by atoms with Crippen molar-refractivity contribution in [1.29, 1.82) is 0 Å². The van der Waals surface area contributed by atoms with Crippen molar-refractivity contribution in [3.63, 3.8) is 0 Å². The zero-order valence-corrected chi connectivity index (χ0v) is 8.66. The highest BCUT2D eigenvalue weighted by Crippen LogP contribution is 2.14. The second-order valence-corrected chi connectivity index (χ2v) is 3.72. The van der Waals surface area contributed by atoms with Gasteiger partial charge in [-0.25, -0.2) is 0 Å². The molecule has 0 saturated carbocycles. The number of hydrogen-bond acceptors (Lipinski definition) is 1. The van der Waals surface area contributed by atoms with Crippen molar-refractivity contribution < 1.29 is 0 Å². The van der Waals surface area contributed by atoms with Gasteiger partial charge in [0.15, 0.2) is 5.43 Å². The molecule has 0 saturated heterocycles. The summed E-state index contributed by atoms with van der Waals surface area (Å²) >= 11 is 0. The van der Waals surface area contributed by atoms with Gasteiger partial charge in [0.05, 0.1) is 5.52 Å². The van der Waals surface area contributed by atoms with Gasteiger partial charge >= 0.3 is 0 Å². The van der Waals surface area contributed by atoms with Gasteiger partial charge in [0.1, 0.15) is 0 Å². The molecule has 0 aliphatic heterocycles. The minimum atomic E-state index is 0.149. The summed E-state index contributed by atoms with van der Waals surface area (Å²) in [5.74, 6) is 0. The van der Waals surface area contributed by atoms with Gasteiger partial charge in [0.25, 0.3) is 0 Å².